The lowest BCUT2D eigenvalue weighted by molar-refractivity contribution is 0.724. The first-order valence-corrected chi connectivity index (χ1v) is 8.63. The van der Waals surface area contributed by atoms with Gasteiger partial charge in [0.1, 0.15) is 0 Å². The zero-order valence-corrected chi connectivity index (χ0v) is 15.5. The minimum atomic E-state index is 0.895. The number of hydrogen-bond acceptors (Lipinski definition) is 2. The number of hydrogen-bond donors (Lipinski definition) is 1. The van der Waals surface area contributed by atoms with Crippen LogP contribution in [0.3, 0.4) is 0 Å². The Morgan fingerprint density at radius 2 is 1.76 bits per heavy atom. The van der Waals surface area contributed by atoms with E-state index in [2.05, 4.69) is 98.5 Å². The fourth-order valence-electron chi connectivity index (χ4n) is 2.13. The van der Waals surface area contributed by atoms with Gasteiger partial charge in [-0.1, -0.05) is 57.0 Å². The molecule has 0 aliphatic heterocycles. The molecular weight excluding hydrogens is 392 g/mol. The van der Waals surface area contributed by atoms with Crippen molar-refractivity contribution in [2.24, 2.45) is 0 Å². The molecule has 1 N–H and O–H groups in total. The topological polar surface area (TPSA) is 15.3 Å². The molecule has 0 spiro atoms. The first-order valence-electron chi connectivity index (χ1n) is 7.05. The third-order valence-electron chi connectivity index (χ3n) is 3.38. The summed E-state index contributed by atoms with van der Waals surface area (Å²) in [5.41, 5.74) is 3.80. The van der Waals surface area contributed by atoms with Gasteiger partial charge in [-0.15, -0.1) is 0 Å². The molecule has 2 aromatic rings. The molecule has 4 heteroatoms. The highest BCUT2D eigenvalue weighted by Gasteiger charge is 2.06. The maximum atomic E-state index is 3.67. The van der Waals surface area contributed by atoms with E-state index < -0.39 is 0 Å². The van der Waals surface area contributed by atoms with Crippen molar-refractivity contribution in [2.45, 2.75) is 20.0 Å². The highest BCUT2D eigenvalue weighted by Crippen LogP contribution is 2.25. The van der Waals surface area contributed by atoms with E-state index in [0.29, 0.717) is 0 Å². The first kappa shape index (κ1) is 16.5. The van der Waals surface area contributed by atoms with Crippen molar-refractivity contribution >= 4 is 37.5 Å². The molecule has 0 fully saturated rings. The number of halogens is 2. The Labute approximate surface area is 143 Å². The van der Waals surface area contributed by atoms with E-state index in [9.17, 15) is 0 Å². The summed E-state index contributed by atoms with van der Waals surface area (Å²) >= 11 is 7.14. The smallest absolute Gasteiger partial charge is 0.0426 e. The average molecular weight is 412 g/mol. The fraction of sp³-hybridized carbons (Fsp3) is 0.294. The maximum Gasteiger partial charge on any atom is 0.0426 e. The molecule has 2 nitrogen and oxygen atoms in total. The van der Waals surface area contributed by atoms with Gasteiger partial charge in [0.2, 0.25) is 0 Å². The third kappa shape index (κ3) is 4.83. The summed E-state index contributed by atoms with van der Waals surface area (Å²) in [5, 5.41) is 3.35. The summed E-state index contributed by atoms with van der Waals surface area (Å²) in [4.78, 5) is 2.25. The van der Waals surface area contributed by atoms with Crippen LogP contribution in [-0.2, 0) is 13.1 Å². The monoisotopic (exact) mass is 410 g/mol. The summed E-state index contributed by atoms with van der Waals surface area (Å²) in [5.74, 6) is 0. The van der Waals surface area contributed by atoms with E-state index >= 15 is 0 Å². The fourth-order valence-corrected chi connectivity index (χ4v) is 2.90. The van der Waals surface area contributed by atoms with Gasteiger partial charge in [-0.05, 0) is 41.9 Å². The Hall–Kier alpha value is -0.840. The highest BCUT2D eigenvalue weighted by atomic mass is 79.9. The number of nitrogens with one attached hydrogen (secondary N) is 1. The van der Waals surface area contributed by atoms with Crippen LogP contribution in [0.5, 0.6) is 0 Å². The minimum Gasteiger partial charge on any atom is -0.370 e. The summed E-state index contributed by atoms with van der Waals surface area (Å²) < 4.78 is 2.27. The SMILES string of the molecule is CCNCc1ccc(N(C)Cc2ccc(Br)cc2)cc1Br. The van der Waals surface area contributed by atoms with Crippen molar-refractivity contribution in [3.63, 3.8) is 0 Å². The largest absolute Gasteiger partial charge is 0.370 e. The van der Waals surface area contributed by atoms with Crippen LogP contribution < -0.4 is 10.2 Å². The lowest BCUT2D eigenvalue weighted by Crippen LogP contribution is -2.17. The van der Waals surface area contributed by atoms with Crippen molar-refractivity contribution in [1.82, 2.24) is 5.32 Å². The van der Waals surface area contributed by atoms with Crippen LogP contribution in [0, 0.1) is 0 Å². The minimum absolute atomic E-state index is 0.895. The van der Waals surface area contributed by atoms with Crippen LogP contribution in [0.2, 0.25) is 0 Å². The van der Waals surface area contributed by atoms with Crippen LogP contribution in [0.1, 0.15) is 18.1 Å². The molecular formula is C17H20Br2N2. The molecule has 0 aliphatic carbocycles. The van der Waals surface area contributed by atoms with Crippen LogP contribution in [-0.4, -0.2) is 13.6 Å². The molecule has 0 atom stereocenters. The normalized spacial score (nSPS) is 10.7. The van der Waals surface area contributed by atoms with Gasteiger partial charge < -0.3 is 10.2 Å². The lowest BCUT2D eigenvalue weighted by Gasteiger charge is -2.20. The predicted octanol–water partition coefficient (Wildman–Crippen LogP) is 4.96. The van der Waals surface area contributed by atoms with Gasteiger partial charge in [0.05, 0.1) is 0 Å². The van der Waals surface area contributed by atoms with Gasteiger partial charge in [-0.3, -0.25) is 0 Å². The molecule has 21 heavy (non-hydrogen) atoms. The zero-order valence-electron chi connectivity index (χ0n) is 12.4. The molecule has 0 amide bonds. The summed E-state index contributed by atoms with van der Waals surface area (Å²) in [7, 11) is 2.12. The van der Waals surface area contributed by atoms with Gasteiger partial charge in [0.25, 0.3) is 0 Å². The Morgan fingerprint density at radius 3 is 2.38 bits per heavy atom. The quantitative estimate of drug-likeness (QED) is 0.722. The molecule has 0 radical (unpaired) electrons. The second-order valence-electron chi connectivity index (χ2n) is 5.04. The number of nitrogens with zero attached hydrogens (tertiary/aromatic N) is 1. The Morgan fingerprint density at radius 1 is 1.05 bits per heavy atom. The number of rotatable bonds is 6. The lowest BCUT2D eigenvalue weighted by atomic mass is 10.1. The molecule has 0 unspecified atom stereocenters. The summed E-state index contributed by atoms with van der Waals surface area (Å²) in [6.07, 6.45) is 0. The number of anilines is 1. The van der Waals surface area contributed by atoms with Crippen molar-refractivity contribution in [2.75, 3.05) is 18.5 Å². The van der Waals surface area contributed by atoms with Crippen molar-refractivity contribution in [3.8, 4) is 0 Å². The van der Waals surface area contributed by atoms with Crippen LogP contribution in [0.15, 0.2) is 51.4 Å². The molecule has 0 heterocycles. The predicted molar refractivity (Wildman–Crippen MR) is 97.8 cm³/mol. The van der Waals surface area contributed by atoms with Crippen molar-refractivity contribution < 1.29 is 0 Å². The second kappa shape index (κ2) is 7.97. The molecule has 2 rings (SSSR count). The Balaban J connectivity index is 2.06. The standard InChI is InChI=1S/C17H20Br2N2/c1-3-20-11-14-6-9-16(10-17(14)19)21(2)12-13-4-7-15(18)8-5-13/h4-10,20H,3,11-12H2,1-2H3. The Bertz CT molecular complexity index is 582. The molecule has 0 saturated carbocycles. The van der Waals surface area contributed by atoms with E-state index in [1.54, 1.807) is 0 Å². The van der Waals surface area contributed by atoms with Crippen LogP contribution in [0.4, 0.5) is 5.69 Å². The van der Waals surface area contributed by atoms with Gasteiger partial charge >= 0.3 is 0 Å². The van der Waals surface area contributed by atoms with Gasteiger partial charge in [0, 0.05) is 34.8 Å². The summed E-state index contributed by atoms with van der Waals surface area (Å²) in [6.45, 7) is 4.89. The highest BCUT2D eigenvalue weighted by molar-refractivity contribution is 9.10. The molecule has 0 aromatic heterocycles. The van der Waals surface area contributed by atoms with Gasteiger partial charge in [0.15, 0.2) is 0 Å². The van der Waals surface area contributed by atoms with E-state index in [1.165, 1.54) is 16.8 Å². The molecule has 112 valence electrons. The number of benzene rings is 2. The van der Waals surface area contributed by atoms with E-state index in [1.807, 2.05) is 0 Å². The second-order valence-corrected chi connectivity index (χ2v) is 6.81. The molecule has 0 saturated heterocycles. The molecule has 0 bridgehead atoms. The first-order chi connectivity index (χ1) is 10.1. The van der Waals surface area contributed by atoms with Gasteiger partial charge in [-0.2, -0.15) is 0 Å². The average Bonchev–Trinajstić information content (AvgIpc) is 2.48. The molecule has 2 aromatic carbocycles. The van der Waals surface area contributed by atoms with Crippen molar-refractivity contribution in [1.29, 1.82) is 0 Å². The summed E-state index contributed by atoms with van der Waals surface area (Å²) in [6, 6.07) is 15.0. The van der Waals surface area contributed by atoms with Gasteiger partial charge in [-0.25, -0.2) is 0 Å². The maximum absolute atomic E-state index is 3.67. The molecule has 0 aliphatic rings. The third-order valence-corrected chi connectivity index (χ3v) is 4.64. The van der Waals surface area contributed by atoms with Crippen LogP contribution in [0.25, 0.3) is 0 Å². The van der Waals surface area contributed by atoms with Crippen LogP contribution >= 0.6 is 31.9 Å². The zero-order chi connectivity index (χ0) is 15.2. The Kier molecular flexibility index (Phi) is 6.27. The van der Waals surface area contributed by atoms with E-state index in [4.69, 9.17) is 0 Å². The van der Waals surface area contributed by atoms with Crippen molar-refractivity contribution in [3.05, 3.63) is 62.5 Å². The van der Waals surface area contributed by atoms with E-state index in [0.717, 1.165) is 28.6 Å². The van der Waals surface area contributed by atoms with E-state index in [-0.39, 0.29) is 0 Å².